The fourth-order valence-corrected chi connectivity index (χ4v) is 12.4. The van der Waals surface area contributed by atoms with Gasteiger partial charge in [0.05, 0.1) is 49.3 Å². The molecule has 0 aromatic carbocycles. The van der Waals surface area contributed by atoms with Crippen LogP contribution >= 0.6 is 11.3 Å². The molecular formula is C55H78O15S. The summed E-state index contributed by atoms with van der Waals surface area (Å²) in [5, 5.41) is 25.6. The number of fused-ring (bicyclic) bond motifs is 2. The highest BCUT2D eigenvalue weighted by Crippen LogP contribution is 2.49. The molecule has 16 heteroatoms. The van der Waals surface area contributed by atoms with Crippen LogP contribution in [0.1, 0.15) is 112 Å². The lowest BCUT2D eigenvalue weighted by Gasteiger charge is -2.51. The van der Waals surface area contributed by atoms with E-state index in [1.165, 1.54) is 17.4 Å². The van der Waals surface area contributed by atoms with Crippen molar-refractivity contribution in [3.8, 4) is 0 Å². The maximum absolute atomic E-state index is 14.8. The third-order valence-corrected chi connectivity index (χ3v) is 16.9. The number of allylic oxidation sites excluding steroid dienone is 2. The van der Waals surface area contributed by atoms with Crippen molar-refractivity contribution in [3.63, 3.8) is 0 Å². The number of rotatable bonds is 11. The van der Waals surface area contributed by atoms with E-state index in [9.17, 15) is 19.8 Å². The molecule has 1 aromatic rings. The van der Waals surface area contributed by atoms with E-state index in [2.05, 4.69) is 40.7 Å². The van der Waals surface area contributed by atoms with Crippen LogP contribution in [0.3, 0.4) is 0 Å². The van der Waals surface area contributed by atoms with Gasteiger partial charge >= 0.3 is 11.9 Å². The predicted molar refractivity (Wildman–Crippen MR) is 265 cm³/mol. The number of thiophene rings is 1. The Hall–Kier alpha value is -3.10. The van der Waals surface area contributed by atoms with E-state index < -0.39 is 103 Å². The van der Waals surface area contributed by atoms with Crippen molar-refractivity contribution in [1.82, 2.24) is 0 Å². The molecule has 5 saturated heterocycles. The molecule has 7 aliphatic rings. The average molecular weight is 1010 g/mol. The van der Waals surface area contributed by atoms with Gasteiger partial charge in [-0.1, -0.05) is 70.6 Å². The highest BCUT2D eigenvalue weighted by Gasteiger charge is 2.61. The minimum Gasteiger partial charge on any atom is -0.462 e. The van der Waals surface area contributed by atoms with Gasteiger partial charge in [-0.05, 0) is 86.6 Å². The Kier molecular flexibility index (Phi) is 17.7. The number of ether oxygens (including phenoxy) is 11. The van der Waals surface area contributed by atoms with Crippen LogP contribution in [0, 0.1) is 23.7 Å². The predicted octanol–water partition coefficient (Wildman–Crippen LogP) is 7.93. The van der Waals surface area contributed by atoms with Gasteiger partial charge in [-0.3, -0.25) is 4.79 Å². The number of carbonyl (C=O) groups excluding carboxylic acids is 2. The van der Waals surface area contributed by atoms with Crippen LogP contribution in [-0.2, 0) is 61.7 Å². The summed E-state index contributed by atoms with van der Waals surface area (Å²) in [5.41, 5.74) is 0.0694. The monoisotopic (exact) mass is 1010 g/mol. The van der Waals surface area contributed by atoms with Gasteiger partial charge in [-0.2, -0.15) is 0 Å². The van der Waals surface area contributed by atoms with Gasteiger partial charge in [0, 0.05) is 63.2 Å². The summed E-state index contributed by atoms with van der Waals surface area (Å²) >= 11 is 1.49. The Morgan fingerprint density at radius 2 is 1.72 bits per heavy atom. The van der Waals surface area contributed by atoms with Crippen molar-refractivity contribution in [1.29, 1.82) is 0 Å². The van der Waals surface area contributed by atoms with E-state index in [0.29, 0.717) is 61.5 Å². The lowest BCUT2D eigenvalue weighted by atomic mass is 9.70. The Morgan fingerprint density at radius 1 is 0.972 bits per heavy atom. The second-order valence-corrected chi connectivity index (χ2v) is 22.1. The molecule has 0 radical (unpaired) electrons. The Balaban J connectivity index is 1.10. The minimum atomic E-state index is -1.92. The number of hydrogen-bond donors (Lipinski definition) is 2. The van der Waals surface area contributed by atoms with E-state index in [1.54, 1.807) is 46.3 Å². The van der Waals surface area contributed by atoms with Crippen LogP contribution in [0.4, 0.5) is 0 Å². The van der Waals surface area contributed by atoms with E-state index >= 15 is 0 Å². The largest absolute Gasteiger partial charge is 0.462 e. The molecule has 7 heterocycles. The van der Waals surface area contributed by atoms with Gasteiger partial charge < -0.3 is 62.3 Å². The SMILES string of the molecule is CC[C@H](C)[C@H]1O[C@]2(CC[C@@H]1C)C[C@@H]1C[C@@H](C/C=C(\C)[C@@H](O[C@H]3C[C@H](OC)[C@@H](O[C@H]4C[C@H](OC)[C@@H](O)[C@H](C)O4)[C@H](C)O3)[C@@H](C)/C=C/C=C3\CO[C@@H]4[C@H](OC(=O)/C=C/c5cccs5)C(C)=C[C@@H](C(=O)O1)[C@]34O)O2. The molecule has 2 N–H and O–H groups in total. The van der Waals surface area contributed by atoms with Crippen LogP contribution in [0.5, 0.6) is 0 Å². The quantitative estimate of drug-likeness (QED) is 0.124. The zero-order valence-corrected chi connectivity index (χ0v) is 44.0. The molecule has 5 fully saturated rings. The fourth-order valence-electron chi connectivity index (χ4n) is 11.8. The second-order valence-electron chi connectivity index (χ2n) is 21.1. The van der Waals surface area contributed by atoms with Gasteiger partial charge in [0.1, 0.15) is 35.9 Å². The topological polar surface area (TPSA) is 176 Å². The molecule has 1 spiro atoms. The van der Waals surface area contributed by atoms with Crippen molar-refractivity contribution in [3.05, 3.63) is 75.6 Å². The maximum Gasteiger partial charge on any atom is 0.331 e. The molecule has 394 valence electrons. The maximum atomic E-state index is 14.8. The van der Waals surface area contributed by atoms with E-state index in [1.807, 2.05) is 36.6 Å². The van der Waals surface area contributed by atoms with Gasteiger partial charge in [0.15, 0.2) is 24.5 Å². The van der Waals surface area contributed by atoms with Crippen LogP contribution in [0.15, 0.2) is 70.7 Å². The summed E-state index contributed by atoms with van der Waals surface area (Å²) in [6.45, 7) is 16.2. The summed E-state index contributed by atoms with van der Waals surface area (Å²) in [5.74, 6) is -2.94. The van der Waals surface area contributed by atoms with E-state index in [-0.39, 0.29) is 24.7 Å². The van der Waals surface area contributed by atoms with Crippen molar-refractivity contribution >= 4 is 29.4 Å². The van der Waals surface area contributed by atoms with E-state index in [4.69, 9.17) is 52.1 Å². The van der Waals surface area contributed by atoms with Crippen molar-refractivity contribution < 1.29 is 71.9 Å². The highest BCUT2D eigenvalue weighted by atomic mass is 32.1. The molecular weight excluding hydrogens is 933 g/mol. The zero-order chi connectivity index (χ0) is 50.8. The van der Waals surface area contributed by atoms with Crippen LogP contribution in [-0.4, -0.2) is 140 Å². The van der Waals surface area contributed by atoms with Crippen LogP contribution in [0.25, 0.3) is 6.08 Å². The third-order valence-electron chi connectivity index (χ3n) is 16.1. The molecule has 71 heavy (non-hydrogen) atoms. The van der Waals surface area contributed by atoms with Gasteiger partial charge in [0.25, 0.3) is 0 Å². The Morgan fingerprint density at radius 3 is 2.45 bits per heavy atom. The number of esters is 2. The highest BCUT2D eigenvalue weighted by molar-refractivity contribution is 7.10. The first-order valence-corrected chi connectivity index (χ1v) is 26.7. The first kappa shape index (κ1) is 54.2. The number of aliphatic hydroxyl groups excluding tert-OH is 1. The zero-order valence-electron chi connectivity index (χ0n) is 43.1. The fraction of sp³-hybridized carbons (Fsp3) is 0.709. The number of hydrogen-bond acceptors (Lipinski definition) is 16. The minimum absolute atomic E-state index is 0.0127. The molecule has 0 unspecified atom stereocenters. The van der Waals surface area contributed by atoms with Crippen LogP contribution in [0.2, 0.25) is 0 Å². The molecule has 0 saturated carbocycles. The van der Waals surface area contributed by atoms with E-state index in [0.717, 1.165) is 23.3 Å². The standard InChI is InChI=1S/C55H78O15S/c1-11-30(2)49-33(5)21-22-54(70-49)28-39-25-38(69-54)18-17-32(4)48(67-46-27-43(61-10)51(36(8)64-46)68-45-26-42(60-9)47(57)35(7)63-45)31(3)14-12-15-37-29-62-52-50(66-44(56)20-19-40-16-13-23-71-40)34(6)24-41(53(58)65-39)55(37,52)59/h12-17,19-20,23-24,30-31,33,35-36,38-39,41-43,45-52,57,59H,11,18,21-22,25-29H2,1-10H3/b14-12+,20-19+,32-17+,37-15+/t30-,31-,33-,35-,36-,38+,39-,41-,42-,43-,45-,46-,47-,48-,49+,50+,51-,52+,54+,55+/m0/s1. The lowest BCUT2D eigenvalue weighted by Crippen LogP contribution is -2.59. The third kappa shape index (κ3) is 11.9. The molecule has 6 aliphatic heterocycles. The number of aliphatic hydroxyl groups is 2. The number of methoxy groups -OCH3 is 2. The van der Waals surface area contributed by atoms with Crippen molar-refractivity contribution in [2.24, 2.45) is 23.7 Å². The molecule has 15 nitrogen and oxygen atoms in total. The second kappa shape index (κ2) is 23.2. The summed E-state index contributed by atoms with van der Waals surface area (Å²) in [6, 6.07) is 3.80. The summed E-state index contributed by atoms with van der Waals surface area (Å²) in [6.07, 6.45) is 9.17. The molecule has 1 aromatic heterocycles. The Bertz CT molecular complexity index is 2130. The van der Waals surface area contributed by atoms with Crippen LogP contribution < -0.4 is 0 Å². The first-order valence-electron chi connectivity index (χ1n) is 25.9. The van der Waals surface area contributed by atoms with Gasteiger partial charge in [-0.25, -0.2) is 4.79 Å². The normalized spacial score (nSPS) is 44.6. The van der Waals surface area contributed by atoms with Crippen molar-refractivity contribution in [2.45, 2.75) is 204 Å². The summed E-state index contributed by atoms with van der Waals surface area (Å²) < 4.78 is 70.7. The molecule has 0 amide bonds. The molecule has 2 bridgehead atoms. The first-order chi connectivity index (χ1) is 33.9. The average Bonchev–Trinajstić information content (AvgIpc) is 4.00. The Labute approximate surface area is 423 Å². The lowest BCUT2D eigenvalue weighted by molar-refractivity contribution is -0.340. The summed E-state index contributed by atoms with van der Waals surface area (Å²) in [7, 11) is 3.22. The number of carbonyl (C=O) groups is 2. The van der Waals surface area contributed by atoms with Gasteiger partial charge in [0.2, 0.25) is 0 Å². The molecule has 1 aliphatic carbocycles. The summed E-state index contributed by atoms with van der Waals surface area (Å²) in [4.78, 5) is 29.0. The molecule has 8 rings (SSSR count). The smallest absolute Gasteiger partial charge is 0.331 e. The molecule has 20 atom stereocenters. The van der Waals surface area contributed by atoms with Gasteiger partial charge in [-0.15, -0.1) is 11.3 Å². The van der Waals surface area contributed by atoms with Crippen molar-refractivity contribution in [2.75, 3.05) is 20.8 Å².